The quantitative estimate of drug-likeness (QED) is 0.792. The summed E-state index contributed by atoms with van der Waals surface area (Å²) in [5.41, 5.74) is 1.29. The third kappa shape index (κ3) is 4.68. The largest absolute Gasteiger partial charge is 0.349 e. The molecule has 4 nitrogen and oxygen atoms in total. The summed E-state index contributed by atoms with van der Waals surface area (Å²) in [4.78, 5) is 12.6. The van der Waals surface area contributed by atoms with Gasteiger partial charge in [0.15, 0.2) is 9.84 Å². The maximum Gasteiger partial charge on any atom is 0.252 e. The average molecular weight is 410 g/mol. The highest BCUT2D eigenvalue weighted by Crippen LogP contribution is 2.17. The van der Waals surface area contributed by atoms with E-state index in [0.29, 0.717) is 6.42 Å². The number of benzene rings is 2. The molecular weight excluding hydrogens is 390 g/mol. The molecule has 0 aliphatic heterocycles. The smallest absolute Gasteiger partial charge is 0.252 e. The molecule has 1 N–H and O–H groups in total. The van der Waals surface area contributed by atoms with Crippen molar-refractivity contribution in [1.29, 1.82) is 0 Å². The maximum absolute atomic E-state index is 12.5. The molecule has 0 aliphatic carbocycles. The zero-order valence-electron chi connectivity index (χ0n) is 13.6. The van der Waals surface area contributed by atoms with E-state index in [1.165, 1.54) is 6.07 Å². The minimum absolute atomic E-state index is 0.0360. The van der Waals surface area contributed by atoms with Crippen molar-refractivity contribution in [3.05, 3.63) is 64.1 Å². The normalized spacial score (nSPS) is 12.6. The maximum atomic E-state index is 12.5. The van der Waals surface area contributed by atoms with Crippen molar-refractivity contribution < 1.29 is 13.2 Å². The van der Waals surface area contributed by atoms with Gasteiger partial charge in [0.1, 0.15) is 0 Å². The molecule has 2 aromatic rings. The molecule has 0 aliphatic rings. The average Bonchev–Trinajstić information content (AvgIpc) is 2.57. The second kappa shape index (κ2) is 7.94. The van der Waals surface area contributed by atoms with E-state index in [9.17, 15) is 13.2 Å². The van der Waals surface area contributed by atoms with Gasteiger partial charge in [-0.1, -0.05) is 47.1 Å². The van der Waals surface area contributed by atoms with Gasteiger partial charge in [0.2, 0.25) is 0 Å². The molecule has 6 heteroatoms. The van der Waals surface area contributed by atoms with Crippen molar-refractivity contribution in [2.24, 2.45) is 0 Å². The Morgan fingerprint density at radius 1 is 1.12 bits per heavy atom. The molecule has 0 fully saturated rings. The third-order valence-electron chi connectivity index (χ3n) is 3.68. The highest BCUT2D eigenvalue weighted by Gasteiger charge is 2.21. The lowest BCUT2D eigenvalue weighted by Gasteiger charge is -2.16. The molecule has 1 atom stereocenters. The van der Waals surface area contributed by atoms with Crippen LogP contribution in [0.5, 0.6) is 0 Å². The summed E-state index contributed by atoms with van der Waals surface area (Å²) in [5.74, 6) is -0.404. The van der Waals surface area contributed by atoms with Gasteiger partial charge in [-0.25, -0.2) is 8.42 Å². The number of hydrogen-bond acceptors (Lipinski definition) is 3. The molecule has 0 aromatic heterocycles. The van der Waals surface area contributed by atoms with Crippen LogP contribution in [0.15, 0.2) is 57.9 Å². The minimum Gasteiger partial charge on any atom is -0.349 e. The van der Waals surface area contributed by atoms with E-state index in [1.54, 1.807) is 25.1 Å². The van der Waals surface area contributed by atoms with Gasteiger partial charge in [-0.2, -0.15) is 0 Å². The standard InChI is InChI=1S/C18H20BrNO3S/c1-3-24(22,23)17-7-5-4-6-16(17)18(21)20-13(2)12-14-8-10-15(19)11-9-14/h4-11,13H,3,12H2,1-2H3,(H,20,21)/t13-/m1/s1. The Labute approximate surface area is 151 Å². The van der Waals surface area contributed by atoms with Crippen LogP contribution in [-0.2, 0) is 16.3 Å². The van der Waals surface area contributed by atoms with Crippen molar-refractivity contribution in [2.75, 3.05) is 5.75 Å². The second-order valence-electron chi connectivity index (χ2n) is 5.60. The number of carbonyl (C=O) groups is 1. The van der Waals surface area contributed by atoms with Crippen LogP contribution >= 0.6 is 15.9 Å². The first kappa shape index (κ1) is 18.7. The van der Waals surface area contributed by atoms with Gasteiger partial charge in [0.05, 0.1) is 16.2 Å². The highest BCUT2D eigenvalue weighted by atomic mass is 79.9. The van der Waals surface area contributed by atoms with E-state index >= 15 is 0 Å². The number of nitrogens with one attached hydrogen (secondary N) is 1. The summed E-state index contributed by atoms with van der Waals surface area (Å²) in [6.45, 7) is 3.47. The number of halogens is 1. The fraction of sp³-hybridized carbons (Fsp3) is 0.278. The SMILES string of the molecule is CCS(=O)(=O)c1ccccc1C(=O)N[C@H](C)Cc1ccc(Br)cc1. The van der Waals surface area contributed by atoms with Gasteiger partial charge in [-0.15, -0.1) is 0 Å². The zero-order chi connectivity index (χ0) is 17.7. The van der Waals surface area contributed by atoms with E-state index in [1.807, 2.05) is 31.2 Å². The van der Waals surface area contributed by atoms with E-state index in [2.05, 4.69) is 21.2 Å². The fourth-order valence-corrected chi connectivity index (χ4v) is 3.76. The fourth-order valence-electron chi connectivity index (χ4n) is 2.41. The molecule has 2 rings (SSSR count). The first-order chi connectivity index (χ1) is 11.3. The van der Waals surface area contributed by atoms with Gasteiger partial charge < -0.3 is 5.32 Å². The molecule has 0 heterocycles. The summed E-state index contributed by atoms with van der Waals surface area (Å²) in [6.07, 6.45) is 0.668. The highest BCUT2D eigenvalue weighted by molar-refractivity contribution is 9.10. The van der Waals surface area contributed by atoms with Gasteiger partial charge in [-0.3, -0.25) is 4.79 Å². The van der Waals surface area contributed by atoms with Crippen molar-refractivity contribution in [3.63, 3.8) is 0 Å². The van der Waals surface area contributed by atoms with E-state index < -0.39 is 9.84 Å². The summed E-state index contributed by atoms with van der Waals surface area (Å²) < 4.78 is 25.3. The summed E-state index contributed by atoms with van der Waals surface area (Å²) >= 11 is 3.39. The first-order valence-corrected chi connectivity index (χ1v) is 10.1. The summed E-state index contributed by atoms with van der Waals surface area (Å²) in [5, 5.41) is 2.88. The minimum atomic E-state index is -3.44. The number of carbonyl (C=O) groups excluding carboxylic acids is 1. The van der Waals surface area contributed by atoms with Crippen LogP contribution in [0.25, 0.3) is 0 Å². The van der Waals surface area contributed by atoms with Gasteiger partial charge >= 0.3 is 0 Å². The first-order valence-electron chi connectivity index (χ1n) is 7.70. The van der Waals surface area contributed by atoms with Crippen LogP contribution in [0.4, 0.5) is 0 Å². The van der Waals surface area contributed by atoms with Crippen molar-refractivity contribution in [3.8, 4) is 0 Å². The predicted molar refractivity (Wildman–Crippen MR) is 98.9 cm³/mol. The molecule has 128 valence electrons. The second-order valence-corrected chi connectivity index (χ2v) is 8.77. The van der Waals surface area contributed by atoms with Crippen molar-refractivity contribution >= 4 is 31.7 Å². The number of hydrogen-bond donors (Lipinski definition) is 1. The Bertz CT molecular complexity index is 816. The molecule has 0 unspecified atom stereocenters. The van der Waals surface area contributed by atoms with Crippen LogP contribution in [0, 0.1) is 0 Å². The van der Waals surface area contributed by atoms with Gasteiger partial charge in [-0.05, 0) is 43.2 Å². The molecule has 0 radical (unpaired) electrons. The lowest BCUT2D eigenvalue weighted by molar-refractivity contribution is 0.0937. The van der Waals surface area contributed by atoms with Gasteiger partial charge in [0.25, 0.3) is 5.91 Å². The molecule has 24 heavy (non-hydrogen) atoms. The molecule has 0 saturated heterocycles. The van der Waals surface area contributed by atoms with E-state index in [0.717, 1.165) is 10.0 Å². The van der Waals surface area contributed by atoms with E-state index in [-0.39, 0.29) is 28.2 Å². The molecule has 0 spiro atoms. The molecule has 1 amide bonds. The van der Waals surface area contributed by atoms with Crippen molar-refractivity contribution in [2.45, 2.75) is 31.2 Å². The third-order valence-corrected chi connectivity index (χ3v) is 5.99. The topological polar surface area (TPSA) is 63.2 Å². The van der Waals surface area contributed by atoms with Crippen LogP contribution in [0.1, 0.15) is 29.8 Å². The monoisotopic (exact) mass is 409 g/mol. The molecule has 2 aromatic carbocycles. The van der Waals surface area contributed by atoms with Crippen LogP contribution in [-0.4, -0.2) is 26.1 Å². The van der Waals surface area contributed by atoms with Crippen LogP contribution < -0.4 is 5.32 Å². The Kier molecular flexibility index (Phi) is 6.18. The molecule has 0 bridgehead atoms. The van der Waals surface area contributed by atoms with Crippen LogP contribution in [0.3, 0.4) is 0 Å². The lowest BCUT2D eigenvalue weighted by atomic mass is 10.1. The zero-order valence-corrected chi connectivity index (χ0v) is 16.0. The number of rotatable bonds is 6. The summed E-state index contributed by atoms with van der Waals surface area (Å²) in [7, 11) is -3.44. The van der Waals surface area contributed by atoms with Gasteiger partial charge in [0, 0.05) is 10.5 Å². The molecule has 0 saturated carbocycles. The number of sulfone groups is 1. The Balaban J connectivity index is 2.14. The Morgan fingerprint density at radius 2 is 1.75 bits per heavy atom. The lowest BCUT2D eigenvalue weighted by Crippen LogP contribution is -2.35. The predicted octanol–water partition coefficient (Wildman–Crippen LogP) is 3.60. The Hall–Kier alpha value is -1.66. The Morgan fingerprint density at radius 3 is 2.38 bits per heavy atom. The van der Waals surface area contributed by atoms with Crippen molar-refractivity contribution in [1.82, 2.24) is 5.32 Å². The summed E-state index contributed by atoms with van der Waals surface area (Å²) in [6, 6.07) is 14.1. The molecular formula is C18H20BrNO3S. The van der Waals surface area contributed by atoms with Crippen LogP contribution in [0.2, 0.25) is 0 Å². The number of amides is 1. The van der Waals surface area contributed by atoms with E-state index in [4.69, 9.17) is 0 Å².